The zero-order valence-corrected chi connectivity index (χ0v) is 14.1. The maximum absolute atomic E-state index is 12.6. The molecule has 0 spiro atoms. The Labute approximate surface area is 137 Å². The zero-order valence-electron chi connectivity index (χ0n) is 12.4. The zero-order chi connectivity index (χ0) is 15.5. The van der Waals surface area contributed by atoms with Gasteiger partial charge in [0.2, 0.25) is 15.9 Å². The Morgan fingerprint density at radius 3 is 2.59 bits per heavy atom. The molecule has 1 aromatic rings. The lowest BCUT2D eigenvalue weighted by Crippen LogP contribution is -2.40. The predicted octanol–water partition coefficient (Wildman–Crippen LogP) is 0.301. The molecule has 1 aliphatic rings. The van der Waals surface area contributed by atoms with Crippen molar-refractivity contribution < 1.29 is 13.2 Å². The number of nitrogens with two attached hydrogens (primary N) is 1. The van der Waals surface area contributed by atoms with Crippen molar-refractivity contribution in [2.75, 3.05) is 25.9 Å². The third kappa shape index (κ3) is 4.95. The number of hydrogen-bond acceptors (Lipinski definition) is 4. The highest BCUT2D eigenvalue weighted by molar-refractivity contribution is 7.88. The van der Waals surface area contributed by atoms with E-state index in [2.05, 4.69) is 4.72 Å². The normalized spacial score (nSPS) is 19.5. The SMILES string of the molecule is CS(=O)(=O)NC1CCN(C(=O)C(CN)c2ccccc2)C1.Cl. The first-order chi connectivity index (χ1) is 9.90. The highest BCUT2D eigenvalue weighted by Crippen LogP contribution is 2.20. The Bertz CT molecular complexity index is 595. The maximum Gasteiger partial charge on any atom is 0.231 e. The fraction of sp³-hybridized carbons (Fsp3) is 0.500. The molecule has 1 aliphatic heterocycles. The Kier molecular flexibility index (Phi) is 6.80. The molecule has 0 bridgehead atoms. The fourth-order valence-corrected chi connectivity index (χ4v) is 3.44. The van der Waals surface area contributed by atoms with Crippen molar-refractivity contribution in [3.8, 4) is 0 Å². The van der Waals surface area contributed by atoms with E-state index in [0.29, 0.717) is 19.5 Å². The highest BCUT2D eigenvalue weighted by atomic mass is 35.5. The second-order valence-electron chi connectivity index (χ2n) is 5.36. The minimum absolute atomic E-state index is 0. The minimum atomic E-state index is -3.25. The first-order valence-corrected chi connectivity index (χ1v) is 8.81. The van der Waals surface area contributed by atoms with Crippen LogP contribution in [0.2, 0.25) is 0 Å². The van der Waals surface area contributed by atoms with Crippen LogP contribution in [0, 0.1) is 0 Å². The van der Waals surface area contributed by atoms with Gasteiger partial charge in [-0.05, 0) is 12.0 Å². The van der Waals surface area contributed by atoms with E-state index in [0.717, 1.165) is 11.8 Å². The first kappa shape index (κ1) is 18.9. The largest absolute Gasteiger partial charge is 0.340 e. The summed E-state index contributed by atoms with van der Waals surface area (Å²) in [5, 5.41) is 0. The summed E-state index contributed by atoms with van der Waals surface area (Å²) in [6, 6.07) is 9.21. The Hall–Kier alpha value is -1.15. The predicted molar refractivity (Wildman–Crippen MR) is 88.4 cm³/mol. The number of likely N-dealkylation sites (tertiary alicyclic amines) is 1. The van der Waals surface area contributed by atoms with E-state index in [1.807, 2.05) is 30.3 Å². The maximum atomic E-state index is 12.6. The van der Waals surface area contributed by atoms with Crippen LogP contribution < -0.4 is 10.5 Å². The number of carbonyl (C=O) groups excluding carboxylic acids is 1. The summed E-state index contributed by atoms with van der Waals surface area (Å²) in [5.74, 6) is -0.412. The second kappa shape index (κ2) is 7.92. The average Bonchev–Trinajstić information content (AvgIpc) is 2.87. The first-order valence-electron chi connectivity index (χ1n) is 6.92. The number of carbonyl (C=O) groups is 1. The number of amides is 1. The molecule has 2 unspecified atom stereocenters. The summed E-state index contributed by atoms with van der Waals surface area (Å²) >= 11 is 0. The van der Waals surface area contributed by atoms with Gasteiger partial charge in [0, 0.05) is 25.7 Å². The van der Waals surface area contributed by atoms with Gasteiger partial charge in [-0.1, -0.05) is 30.3 Å². The van der Waals surface area contributed by atoms with Gasteiger partial charge in [0.15, 0.2) is 0 Å². The third-order valence-electron chi connectivity index (χ3n) is 3.62. The summed E-state index contributed by atoms with van der Waals surface area (Å²) < 4.78 is 25.0. The van der Waals surface area contributed by atoms with Crippen LogP contribution in [-0.2, 0) is 14.8 Å². The van der Waals surface area contributed by atoms with Crippen LogP contribution in [0.5, 0.6) is 0 Å². The molecule has 1 heterocycles. The lowest BCUT2D eigenvalue weighted by atomic mass is 9.98. The molecule has 124 valence electrons. The van der Waals surface area contributed by atoms with E-state index in [4.69, 9.17) is 5.73 Å². The van der Waals surface area contributed by atoms with E-state index in [1.54, 1.807) is 4.90 Å². The molecule has 1 amide bonds. The van der Waals surface area contributed by atoms with Crippen molar-refractivity contribution in [3.05, 3.63) is 35.9 Å². The number of nitrogens with zero attached hydrogens (tertiary/aromatic N) is 1. The number of nitrogens with one attached hydrogen (secondary N) is 1. The standard InChI is InChI=1S/C14H21N3O3S.ClH/c1-21(19,20)16-12-7-8-17(10-12)14(18)13(9-15)11-5-3-2-4-6-11;/h2-6,12-13,16H,7-10,15H2,1H3;1H. The number of rotatable bonds is 5. The molecule has 3 N–H and O–H groups in total. The molecule has 1 aromatic carbocycles. The Balaban J connectivity index is 0.00000242. The average molecular weight is 348 g/mol. The molecule has 0 radical (unpaired) electrons. The van der Waals surface area contributed by atoms with Gasteiger partial charge in [-0.2, -0.15) is 0 Å². The van der Waals surface area contributed by atoms with Crippen LogP contribution in [0.15, 0.2) is 30.3 Å². The van der Waals surface area contributed by atoms with E-state index < -0.39 is 10.0 Å². The van der Waals surface area contributed by atoms with E-state index in [9.17, 15) is 13.2 Å². The van der Waals surface area contributed by atoms with Gasteiger partial charge < -0.3 is 10.6 Å². The number of benzene rings is 1. The Morgan fingerprint density at radius 1 is 1.41 bits per heavy atom. The summed E-state index contributed by atoms with van der Waals surface area (Å²) in [5.41, 5.74) is 6.64. The van der Waals surface area contributed by atoms with Gasteiger partial charge in [0.1, 0.15) is 0 Å². The molecule has 1 saturated heterocycles. The number of halogens is 1. The molecule has 2 rings (SSSR count). The van der Waals surface area contributed by atoms with Gasteiger partial charge in [-0.15, -0.1) is 12.4 Å². The number of hydrogen-bond donors (Lipinski definition) is 2. The Morgan fingerprint density at radius 2 is 2.05 bits per heavy atom. The molecule has 22 heavy (non-hydrogen) atoms. The fourth-order valence-electron chi connectivity index (χ4n) is 2.64. The molecular weight excluding hydrogens is 326 g/mol. The van der Waals surface area contributed by atoms with Gasteiger partial charge in [-0.25, -0.2) is 13.1 Å². The molecule has 0 aromatic heterocycles. The molecule has 2 atom stereocenters. The van der Waals surface area contributed by atoms with E-state index in [-0.39, 0.29) is 36.8 Å². The second-order valence-corrected chi connectivity index (χ2v) is 7.14. The lowest BCUT2D eigenvalue weighted by molar-refractivity contribution is -0.131. The van der Waals surface area contributed by atoms with Crippen LogP contribution in [0.1, 0.15) is 17.9 Å². The van der Waals surface area contributed by atoms with Crippen LogP contribution in [0.4, 0.5) is 0 Å². The van der Waals surface area contributed by atoms with Crippen molar-refractivity contribution in [1.82, 2.24) is 9.62 Å². The van der Waals surface area contributed by atoms with Crippen molar-refractivity contribution in [2.24, 2.45) is 5.73 Å². The van der Waals surface area contributed by atoms with Crippen molar-refractivity contribution in [2.45, 2.75) is 18.4 Å². The van der Waals surface area contributed by atoms with Crippen LogP contribution in [-0.4, -0.2) is 51.2 Å². The summed E-state index contributed by atoms with van der Waals surface area (Å²) in [4.78, 5) is 14.2. The van der Waals surface area contributed by atoms with E-state index in [1.165, 1.54) is 0 Å². The highest BCUT2D eigenvalue weighted by Gasteiger charge is 2.32. The van der Waals surface area contributed by atoms with Crippen molar-refractivity contribution in [1.29, 1.82) is 0 Å². The molecule has 0 aliphatic carbocycles. The number of sulfonamides is 1. The van der Waals surface area contributed by atoms with Crippen molar-refractivity contribution in [3.63, 3.8) is 0 Å². The topological polar surface area (TPSA) is 92.5 Å². The molecular formula is C14H22ClN3O3S. The molecule has 0 saturated carbocycles. The van der Waals surface area contributed by atoms with Gasteiger partial charge in [0.05, 0.1) is 12.2 Å². The lowest BCUT2D eigenvalue weighted by Gasteiger charge is -2.23. The van der Waals surface area contributed by atoms with Gasteiger partial charge >= 0.3 is 0 Å². The molecule has 6 nitrogen and oxygen atoms in total. The van der Waals surface area contributed by atoms with Crippen LogP contribution in [0.25, 0.3) is 0 Å². The summed E-state index contributed by atoms with van der Waals surface area (Å²) in [6.45, 7) is 1.19. The van der Waals surface area contributed by atoms with Gasteiger partial charge in [0.25, 0.3) is 0 Å². The summed E-state index contributed by atoms with van der Waals surface area (Å²) in [7, 11) is -3.25. The van der Waals surface area contributed by atoms with E-state index >= 15 is 0 Å². The van der Waals surface area contributed by atoms with Crippen LogP contribution >= 0.6 is 12.4 Å². The third-order valence-corrected chi connectivity index (χ3v) is 4.38. The minimum Gasteiger partial charge on any atom is -0.340 e. The van der Waals surface area contributed by atoms with Crippen LogP contribution in [0.3, 0.4) is 0 Å². The summed E-state index contributed by atoms with van der Waals surface area (Å²) in [6.07, 6.45) is 1.76. The van der Waals surface area contributed by atoms with Gasteiger partial charge in [-0.3, -0.25) is 4.79 Å². The quantitative estimate of drug-likeness (QED) is 0.801. The molecule has 8 heteroatoms. The monoisotopic (exact) mass is 347 g/mol. The van der Waals surface area contributed by atoms with Crippen molar-refractivity contribution >= 4 is 28.3 Å². The molecule has 1 fully saturated rings. The smallest absolute Gasteiger partial charge is 0.231 e.